The molecule has 0 aromatic rings. The van der Waals surface area contributed by atoms with Crippen molar-refractivity contribution >= 4 is 0 Å². The fourth-order valence-electron chi connectivity index (χ4n) is 0.354. The van der Waals surface area contributed by atoms with Crippen molar-refractivity contribution in [3.05, 3.63) is 12.8 Å². The van der Waals surface area contributed by atoms with E-state index in [1.165, 1.54) is 19.3 Å². The number of rotatable bonds is 3. The van der Waals surface area contributed by atoms with Crippen molar-refractivity contribution in [2.45, 2.75) is 47.0 Å². The molecular weight excluding hydrogens is 146 g/mol. The van der Waals surface area contributed by atoms with Crippen LogP contribution in [0.3, 0.4) is 0 Å². The number of hydrogen-bond donors (Lipinski definition) is 0. The van der Waals surface area contributed by atoms with E-state index >= 15 is 0 Å². The lowest BCUT2D eigenvalue weighted by atomic mass is 10.3. The third-order valence-corrected chi connectivity index (χ3v) is 1.07. The molecule has 0 amide bonds. The van der Waals surface area contributed by atoms with Crippen molar-refractivity contribution in [2.24, 2.45) is 0 Å². The average Bonchev–Trinajstić information content (AvgIpc) is 2.10. The van der Waals surface area contributed by atoms with E-state index in [2.05, 4.69) is 20.4 Å². The Morgan fingerprint density at radius 1 is 1.08 bits per heavy atom. The molecule has 0 radical (unpaired) electrons. The van der Waals surface area contributed by atoms with E-state index in [0.717, 1.165) is 0 Å². The Morgan fingerprint density at radius 2 is 1.33 bits per heavy atom. The van der Waals surface area contributed by atoms with Gasteiger partial charge < -0.3 is 4.90 Å². The van der Waals surface area contributed by atoms with Crippen LogP contribution < -0.4 is 0 Å². The van der Waals surface area contributed by atoms with Gasteiger partial charge in [-0.1, -0.05) is 53.5 Å². The lowest BCUT2D eigenvalue weighted by molar-refractivity contribution is 0.566. The molecular formula is C11H27N. The van der Waals surface area contributed by atoms with Gasteiger partial charge in [-0.2, -0.15) is 0 Å². The first-order valence-corrected chi connectivity index (χ1v) is 4.98. The van der Waals surface area contributed by atoms with E-state index in [1.54, 1.807) is 6.20 Å². The van der Waals surface area contributed by atoms with Crippen LogP contribution in [-0.4, -0.2) is 19.0 Å². The molecule has 0 unspecified atom stereocenters. The molecule has 0 spiro atoms. The second kappa shape index (κ2) is 22.4. The highest BCUT2D eigenvalue weighted by atomic mass is 15.0. The number of hydrogen-bond acceptors (Lipinski definition) is 1. The summed E-state index contributed by atoms with van der Waals surface area (Å²) in [7, 11) is 3.88. The van der Waals surface area contributed by atoms with Crippen LogP contribution in [0.4, 0.5) is 0 Å². The SMILES string of the molecule is C=CN(C)C.CC.CCCCC. The van der Waals surface area contributed by atoms with Gasteiger partial charge in [0.25, 0.3) is 0 Å². The highest BCUT2D eigenvalue weighted by molar-refractivity contribution is 4.59. The van der Waals surface area contributed by atoms with E-state index in [-0.39, 0.29) is 0 Å². The Labute approximate surface area is 79.5 Å². The summed E-state index contributed by atoms with van der Waals surface area (Å²) in [5.74, 6) is 0. The quantitative estimate of drug-likeness (QED) is 0.625. The molecule has 0 heterocycles. The highest BCUT2D eigenvalue weighted by Crippen LogP contribution is 1.88. The molecule has 0 aliphatic rings. The average molecular weight is 173 g/mol. The van der Waals surface area contributed by atoms with Crippen LogP contribution in [-0.2, 0) is 0 Å². The van der Waals surface area contributed by atoms with E-state index in [9.17, 15) is 0 Å². The zero-order valence-corrected chi connectivity index (χ0v) is 9.85. The summed E-state index contributed by atoms with van der Waals surface area (Å²) in [6, 6.07) is 0. The molecule has 0 aromatic carbocycles. The molecule has 0 saturated heterocycles. The van der Waals surface area contributed by atoms with Gasteiger partial charge in [-0.25, -0.2) is 0 Å². The van der Waals surface area contributed by atoms with Crippen molar-refractivity contribution in [3.63, 3.8) is 0 Å². The van der Waals surface area contributed by atoms with E-state index in [0.29, 0.717) is 0 Å². The molecule has 0 N–H and O–H groups in total. The molecule has 0 atom stereocenters. The number of unbranched alkanes of at least 4 members (excludes halogenated alkanes) is 2. The third kappa shape index (κ3) is 55.5. The second-order valence-electron chi connectivity index (χ2n) is 2.50. The second-order valence-corrected chi connectivity index (χ2v) is 2.50. The van der Waals surface area contributed by atoms with Gasteiger partial charge in [0.1, 0.15) is 0 Å². The summed E-state index contributed by atoms with van der Waals surface area (Å²) in [4.78, 5) is 1.89. The minimum Gasteiger partial charge on any atom is -0.384 e. The van der Waals surface area contributed by atoms with Crippen LogP contribution in [0.15, 0.2) is 12.8 Å². The van der Waals surface area contributed by atoms with Crippen molar-refractivity contribution in [2.75, 3.05) is 14.1 Å². The van der Waals surface area contributed by atoms with Crippen LogP contribution in [0, 0.1) is 0 Å². The van der Waals surface area contributed by atoms with Crippen LogP contribution in [0.5, 0.6) is 0 Å². The smallest absolute Gasteiger partial charge is 0.00554 e. The Kier molecular flexibility index (Phi) is 32.9. The van der Waals surface area contributed by atoms with Crippen LogP contribution in [0.1, 0.15) is 47.0 Å². The van der Waals surface area contributed by atoms with E-state index < -0.39 is 0 Å². The molecule has 0 aromatic heterocycles. The lowest BCUT2D eigenvalue weighted by Crippen LogP contribution is -1.97. The van der Waals surface area contributed by atoms with Gasteiger partial charge >= 0.3 is 0 Å². The molecule has 0 saturated carbocycles. The summed E-state index contributed by atoms with van der Waals surface area (Å²) >= 11 is 0. The van der Waals surface area contributed by atoms with Gasteiger partial charge in [-0.15, -0.1) is 0 Å². The van der Waals surface area contributed by atoms with Crippen molar-refractivity contribution in [1.82, 2.24) is 4.90 Å². The zero-order valence-electron chi connectivity index (χ0n) is 9.85. The lowest BCUT2D eigenvalue weighted by Gasteiger charge is -1.98. The highest BCUT2D eigenvalue weighted by Gasteiger charge is 1.68. The Balaban J connectivity index is -0.000000112. The zero-order chi connectivity index (χ0) is 10.4. The van der Waals surface area contributed by atoms with Crippen molar-refractivity contribution in [3.8, 4) is 0 Å². The fraction of sp³-hybridized carbons (Fsp3) is 0.818. The molecule has 0 bridgehead atoms. The Hall–Kier alpha value is -0.460. The maximum Gasteiger partial charge on any atom is 0.00554 e. The molecule has 0 aliphatic carbocycles. The topological polar surface area (TPSA) is 3.24 Å². The normalized spacial score (nSPS) is 6.83. The molecule has 76 valence electrons. The van der Waals surface area contributed by atoms with E-state index in [4.69, 9.17) is 0 Å². The van der Waals surface area contributed by atoms with Gasteiger partial charge in [0.15, 0.2) is 0 Å². The summed E-state index contributed by atoms with van der Waals surface area (Å²) in [6.07, 6.45) is 5.83. The summed E-state index contributed by atoms with van der Waals surface area (Å²) in [6.45, 7) is 11.9. The monoisotopic (exact) mass is 173 g/mol. The summed E-state index contributed by atoms with van der Waals surface area (Å²) < 4.78 is 0. The maximum atomic E-state index is 3.49. The minimum absolute atomic E-state index is 1.34. The van der Waals surface area contributed by atoms with Crippen LogP contribution >= 0.6 is 0 Å². The van der Waals surface area contributed by atoms with Gasteiger partial charge in [0.05, 0.1) is 0 Å². The van der Waals surface area contributed by atoms with Gasteiger partial charge in [-0.05, 0) is 6.20 Å². The maximum absolute atomic E-state index is 3.49. The van der Waals surface area contributed by atoms with Crippen molar-refractivity contribution < 1.29 is 0 Å². The predicted octanol–water partition coefficient (Wildman–Crippen LogP) is 3.91. The minimum atomic E-state index is 1.34. The summed E-state index contributed by atoms with van der Waals surface area (Å²) in [5.41, 5.74) is 0. The Bertz CT molecular complexity index is 56.0. The molecule has 0 aliphatic heterocycles. The molecule has 1 heteroatoms. The Morgan fingerprint density at radius 3 is 1.33 bits per heavy atom. The third-order valence-electron chi connectivity index (χ3n) is 1.07. The largest absolute Gasteiger partial charge is 0.384 e. The summed E-state index contributed by atoms with van der Waals surface area (Å²) in [5, 5.41) is 0. The van der Waals surface area contributed by atoms with E-state index in [1.807, 2.05) is 32.8 Å². The van der Waals surface area contributed by atoms with Crippen molar-refractivity contribution in [1.29, 1.82) is 0 Å². The standard InChI is InChI=1S/C5H12.C4H9N.C2H6/c1-3-5-4-2;1-4-5(2)3;1-2/h3-5H2,1-2H3;4H,1H2,2-3H3;1-2H3. The molecule has 0 fully saturated rings. The first kappa shape index (κ1) is 17.6. The predicted molar refractivity (Wildman–Crippen MR) is 60.4 cm³/mol. The van der Waals surface area contributed by atoms with Gasteiger partial charge in [0, 0.05) is 14.1 Å². The molecule has 0 rings (SSSR count). The number of nitrogens with zero attached hydrogens (tertiary/aromatic N) is 1. The van der Waals surface area contributed by atoms with Gasteiger partial charge in [-0.3, -0.25) is 0 Å². The molecule has 1 nitrogen and oxygen atoms in total. The van der Waals surface area contributed by atoms with Crippen LogP contribution in [0.25, 0.3) is 0 Å². The van der Waals surface area contributed by atoms with Gasteiger partial charge in [0.2, 0.25) is 0 Å². The fourth-order valence-corrected chi connectivity index (χ4v) is 0.354. The van der Waals surface area contributed by atoms with Crippen LogP contribution in [0.2, 0.25) is 0 Å². The molecule has 12 heavy (non-hydrogen) atoms. The first-order valence-electron chi connectivity index (χ1n) is 4.98. The first-order chi connectivity index (χ1) is 5.68.